The van der Waals surface area contributed by atoms with Gasteiger partial charge in [0.1, 0.15) is 0 Å². The van der Waals surface area contributed by atoms with Crippen LogP contribution in [-0.4, -0.2) is 6.54 Å². The van der Waals surface area contributed by atoms with Gasteiger partial charge in [0.2, 0.25) is 0 Å². The fourth-order valence-corrected chi connectivity index (χ4v) is 1.52. The van der Waals surface area contributed by atoms with E-state index in [9.17, 15) is 0 Å². The summed E-state index contributed by atoms with van der Waals surface area (Å²) in [4.78, 5) is 0. The van der Waals surface area contributed by atoms with E-state index in [4.69, 9.17) is 0 Å². The largest absolute Gasteiger partial charge is 0.313 e. The van der Waals surface area contributed by atoms with Crippen molar-refractivity contribution in [1.29, 1.82) is 0 Å². The molecule has 1 heteroatoms. The molecule has 0 saturated heterocycles. The predicted molar refractivity (Wildman–Crippen MR) is 57.9 cm³/mol. The first-order chi connectivity index (χ1) is 6.26. The van der Waals surface area contributed by atoms with Gasteiger partial charge in [0.05, 0.1) is 0 Å². The third-order valence-corrected chi connectivity index (χ3v) is 2.18. The van der Waals surface area contributed by atoms with Crippen molar-refractivity contribution < 1.29 is 0 Å². The standard InChI is InChI=1S/C12H19N/c1-4-11-6-10(3)7-12(8-11)9-13-5-2/h6-8,13H,4-5,9H2,1-3H3. The number of hydrogen-bond donors (Lipinski definition) is 1. The van der Waals surface area contributed by atoms with Gasteiger partial charge in [0, 0.05) is 6.54 Å². The monoisotopic (exact) mass is 177 g/mol. The normalized spacial score (nSPS) is 10.4. The second kappa shape index (κ2) is 5.03. The van der Waals surface area contributed by atoms with E-state index in [1.807, 2.05) is 0 Å². The number of rotatable bonds is 4. The molecule has 0 bridgehead atoms. The van der Waals surface area contributed by atoms with Gasteiger partial charge in [-0.3, -0.25) is 0 Å². The smallest absolute Gasteiger partial charge is 0.0205 e. The van der Waals surface area contributed by atoms with Crippen molar-refractivity contribution in [3.05, 3.63) is 34.9 Å². The van der Waals surface area contributed by atoms with Gasteiger partial charge in [-0.15, -0.1) is 0 Å². The van der Waals surface area contributed by atoms with Gasteiger partial charge in [-0.1, -0.05) is 37.6 Å². The zero-order valence-electron chi connectivity index (χ0n) is 8.85. The Morgan fingerprint density at radius 1 is 1.08 bits per heavy atom. The molecule has 1 aromatic rings. The molecule has 0 aromatic heterocycles. The molecule has 0 amide bonds. The van der Waals surface area contributed by atoms with Crippen molar-refractivity contribution >= 4 is 0 Å². The van der Waals surface area contributed by atoms with Crippen LogP contribution in [0.2, 0.25) is 0 Å². The minimum absolute atomic E-state index is 0.991. The van der Waals surface area contributed by atoms with E-state index in [1.54, 1.807) is 0 Å². The van der Waals surface area contributed by atoms with Crippen LogP contribution >= 0.6 is 0 Å². The Morgan fingerprint density at radius 2 is 1.77 bits per heavy atom. The second-order valence-corrected chi connectivity index (χ2v) is 3.46. The van der Waals surface area contributed by atoms with Crippen LogP contribution in [0.5, 0.6) is 0 Å². The van der Waals surface area contributed by atoms with Crippen molar-refractivity contribution in [2.75, 3.05) is 6.54 Å². The topological polar surface area (TPSA) is 12.0 Å². The van der Waals surface area contributed by atoms with E-state index in [2.05, 4.69) is 44.3 Å². The minimum atomic E-state index is 0.991. The van der Waals surface area contributed by atoms with Crippen LogP contribution in [0, 0.1) is 6.92 Å². The van der Waals surface area contributed by atoms with E-state index >= 15 is 0 Å². The summed E-state index contributed by atoms with van der Waals surface area (Å²) in [5.41, 5.74) is 4.21. The highest BCUT2D eigenvalue weighted by molar-refractivity contribution is 5.29. The summed E-state index contributed by atoms with van der Waals surface area (Å²) in [6.45, 7) is 8.53. The molecule has 0 aliphatic rings. The molecule has 0 saturated carbocycles. The Bertz CT molecular complexity index is 266. The lowest BCUT2D eigenvalue weighted by Gasteiger charge is -2.06. The van der Waals surface area contributed by atoms with Crippen LogP contribution < -0.4 is 5.32 Å². The highest BCUT2D eigenvalue weighted by Gasteiger charge is 1.96. The lowest BCUT2D eigenvalue weighted by atomic mass is 10.0. The Kier molecular flexibility index (Phi) is 3.97. The molecule has 0 radical (unpaired) electrons. The molecule has 0 aliphatic heterocycles. The maximum Gasteiger partial charge on any atom is 0.0205 e. The highest BCUT2D eigenvalue weighted by atomic mass is 14.8. The van der Waals surface area contributed by atoms with Crippen LogP contribution in [0.25, 0.3) is 0 Å². The zero-order valence-corrected chi connectivity index (χ0v) is 8.85. The number of aryl methyl sites for hydroxylation is 2. The molecule has 0 atom stereocenters. The summed E-state index contributed by atoms with van der Waals surface area (Å²) in [5, 5.41) is 3.34. The molecule has 0 spiro atoms. The lowest BCUT2D eigenvalue weighted by molar-refractivity contribution is 0.725. The fourth-order valence-electron chi connectivity index (χ4n) is 1.52. The number of nitrogens with one attached hydrogen (secondary N) is 1. The molecular formula is C12H19N. The van der Waals surface area contributed by atoms with Gasteiger partial charge in [0.15, 0.2) is 0 Å². The third kappa shape index (κ3) is 3.19. The van der Waals surface area contributed by atoms with Gasteiger partial charge in [-0.25, -0.2) is 0 Å². The van der Waals surface area contributed by atoms with E-state index in [0.29, 0.717) is 0 Å². The van der Waals surface area contributed by atoms with Gasteiger partial charge in [-0.05, 0) is 31.0 Å². The molecule has 1 rings (SSSR count). The van der Waals surface area contributed by atoms with Crippen molar-refractivity contribution in [2.24, 2.45) is 0 Å². The van der Waals surface area contributed by atoms with Gasteiger partial charge in [0.25, 0.3) is 0 Å². The fraction of sp³-hybridized carbons (Fsp3) is 0.500. The lowest BCUT2D eigenvalue weighted by Crippen LogP contribution is -2.11. The quantitative estimate of drug-likeness (QED) is 0.745. The van der Waals surface area contributed by atoms with E-state index < -0.39 is 0 Å². The third-order valence-electron chi connectivity index (χ3n) is 2.18. The molecule has 13 heavy (non-hydrogen) atoms. The zero-order chi connectivity index (χ0) is 9.68. The Hall–Kier alpha value is -0.820. The Morgan fingerprint density at radius 3 is 2.38 bits per heavy atom. The maximum absolute atomic E-state index is 3.34. The van der Waals surface area contributed by atoms with E-state index in [-0.39, 0.29) is 0 Å². The molecule has 0 fully saturated rings. The highest BCUT2D eigenvalue weighted by Crippen LogP contribution is 2.10. The Balaban J connectivity index is 2.76. The van der Waals surface area contributed by atoms with Crippen molar-refractivity contribution in [3.8, 4) is 0 Å². The van der Waals surface area contributed by atoms with Crippen LogP contribution in [0.1, 0.15) is 30.5 Å². The van der Waals surface area contributed by atoms with Crippen LogP contribution in [0.3, 0.4) is 0 Å². The summed E-state index contributed by atoms with van der Waals surface area (Å²) in [5.74, 6) is 0. The average molecular weight is 177 g/mol. The van der Waals surface area contributed by atoms with E-state index in [0.717, 1.165) is 19.5 Å². The van der Waals surface area contributed by atoms with E-state index in [1.165, 1.54) is 16.7 Å². The average Bonchev–Trinajstić information content (AvgIpc) is 2.14. The summed E-state index contributed by atoms with van der Waals surface area (Å²) >= 11 is 0. The molecular weight excluding hydrogens is 158 g/mol. The van der Waals surface area contributed by atoms with Crippen LogP contribution in [-0.2, 0) is 13.0 Å². The molecule has 0 aliphatic carbocycles. The number of hydrogen-bond acceptors (Lipinski definition) is 1. The van der Waals surface area contributed by atoms with Gasteiger partial charge < -0.3 is 5.32 Å². The molecule has 1 N–H and O–H groups in total. The molecule has 0 heterocycles. The van der Waals surface area contributed by atoms with Crippen molar-refractivity contribution in [3.63, 3.8) is 0 Å². The van der Waals surface area contributed by atoms with Crippen LogP contribution in [0.4, 0.5) is 0 Å². The predicted octanol–water partition coefficient (Wildman–Crippen LogP) is 2.67. The molecule has 1 nitrogen and oxygen atoms in total. The summed E-state index contributed by atoms with van der Waals surface area (Å²) in [6, 6.07) is 6.80. The minimum Gasteiger partial charge on any atom is -0.313 e. The Labute approximate surface area is 81.2 Å². The van der Waals surface area contributed by atoms with Crippen molar-refractivity contribution in [2.45, 2.75) is 33.7 Å². The summed E-state index contributed by atoms with van der Waals surface area (Å²) < 4.78 is 0. The molecule has 72 valence electrons. The second-order valence-electron chi connectivity index (χ2n) is 3.46. The summed E-state index contributed by atoms with van der Waals surface area (Å²) in [6.07, 6.45) is 1.13. The molecule has 0 unspecified atom stereocenters. The van der Waals surface area contributed by atoms with Crippen molar-refractivity contribution in [1.82, 2.24) is 5.32 Å². The maximum atomic E-state index is 3.34. The first kappa shape index (κ1) is 10.3. The van der Waals surface area contributed by atoms with Gasteiger partial charge >= 0.3 is 0 Å². The first-order valence-corrected chi connectivity index (χ1v) is 5.06. The SMILES string of the molecule is CCNCc1cc(C)cc(CC)c1. The van der Waals surface area contributed by atoms with Crippen LogP contribution in [0.15, 0.2) is 18.2 Å². The molecule has 1 aromatic carbocycles. The number of benzene rings is 1. The summed E-state index contributed by atoms with van der Waals surface area (Å²) in [7, 11) is 0. The van der Waals surface area contributed by atoms with Gasteiger partial charge in [-0.2, -0.15) is 0 Å². The first-order valence-electron chi connectivity index (χ1n) is 5.06.